The Morgan fingerprint density at radius 2 is 1.97 bits per heavy atom. The molecule has 146 valence electrons. The van der Waals surface area contributed by atoms with Crippen molar-refractivity contribution in [1.29, 1.82) is 0 Å². The molecule has 0 bridgehead atoms. The number of carbonyl (C=O) groups excluding carboxylic acids is 2. The fraction of sp³-hybridized carbons (Fsp3) is 0.273. The minimum Gasteiger partial charge on any atom is -0.325 e. The van der Waals surface area contributed by atoms with Gasteiger partial charge in [0.25, 0.3) is 0 Å². The molecular formula is C22H20N4O2S. The van der Waals surface area contributed by atoms with Crippen molar-refractivity contribution >= 4 is 29.1 Å². The molecule has 2 aliphatic rings. The van der Waals surface area contributed by atoms with E-state index in [0.717, 1.165) is 40.8 Å². The molecule has 0 unspecified atom stereocenters. The van der Waals surface area contributed by atoms with Crippen LogP contribution in [0.1, 0.15) is 53.3 Å². The number of anilines is 1. The second kappa shape index (κ2) is 7.15. The quantitative estimate of drug-likeness (QED) is 0.493. The largest absolute Gasteiger partial charge is 0.325 e. The van der Waals surface area contributed by atoms with Crippen molar-refractivity contribution in [3.8, 4) is 5.69 Å². The number of ketones is 1. The van der Waals surface area contributed by atoms with Crippen LogP contribution in [0.4, 0.5) is 5.69 Å². The maximum atomic E-state index is 12.8. The lowest BCUT2D eigenvalue weighted by atomic mass is 9.99. The van der Waals surface area contributed by atoms with Crippen molar-refractivity contribution < 1.29 is 9.59 Å². The van der Waals surface area contributed by atoms with E-state index in [1.54, 1.807) is 6.07 Å². The van der Waals surface area contributed by atoms with Gasteiger partial charge in [-0.25, -0.2) is 0 Å². The molecule has 1 amide bonds. The first-order valence-electron chi connectivity index (χ1n) is 9.73. The minimum atomic E-state index is -0.229. The molecule has 3 aromatic rings. The van der Waals surface area contributed by atoms with Crippen molar-refractivity contribution in [3.05, 3.63) is 65.5 Å². The molecular weight excluding hydrogens is 384 g/mol. The van der Waals surface area contributed by atoms with Gasteiger partial charge in [-0.05, 0) is 55.7 Å². The molecule has 0 saturated heterocycles. The predicted octanol–water partition coefficient (Wildman–Crippen LogP) is 4.18. The summed E-state index contributed by atoms with van der Waals surface area (Å²) in [5, 5.41) is 12.3. The third-order valence-electron chi connectivity index (χ3n) is 5.44. The first-order valence-corrected chi connectivity index (χ1v) is 10.7. The first-order chi connectivity index (χ1) is 14.1. The number of amides is 1. The van der Waals surface area contributed by atoms with E-state index in [1.165, 1.54) is 11.8 Å². The number of hydrogen-bond acceptors (Lipinski definition) is 5. The Morgan fingerprint density at radius 3 is 2.72 bits per heavy atom. The SMILES string of the molecule is C[C@H]1C(=O)Nc2ccc(C(=O)CSc3nnc(C4CC4)n3-c3ccccc3)cc21. The molecule has 6 nitrogen and oxygen atoms in total. The number of fused-ring (bicyclic) bond motifs is 1. The summed E-state index contributed by atoms with van der Waals surface area (Å²) in [6.45, 7) is 1.85. The number of carbonyl (C=O) groups is 2. The number of Topliss-reactive ketones (excluding diaryl/α,β-unsaturated/α-hetero) is 1. The van der Waals surface area contributed by atoms with Gasteiger partial charge in [-0.2, -0.15) is 0 Å². The van der Waals surface area contributed by atoms with Crippen LogP contribution >= 0.6 is 11.8 Å². The van der Waals surface area contributed by atoms with E-state index in [-0.39, 0.29) is 23.4 Å². The highest BCUT2D eigenvalue weighted by molar-refractivity contribution is 7.99. The standard InChI is InChI=1S/C22H20N4O2S/c1-13-17-11-15(9-10-18(17)23-21(13)28)19(27)12-29-22-25-24-20(14-7-8-14)26(22)16-5-3-2-4-6-16/h2-6,9-11,13-14H,7-8,12H2,1H3,(H,23,28)/t13-/m1/s1. The molecule has 7 heteroatoms. The summed E-state index contributed by atoms with van der Waals surface area (Å²) in [6.07, 6.45) is 2.27. The summed E-state index contributed by atoms with van der Waals surface area (Å²) < 4.78 is 2.07. The lowest BCUT2D eigenvalue weighted by Gasteiger charge is -2.10. The van der Waals surface area contributed by atoms with Crippen LogP contribution < -0.4 is 5.32 Å². The fourth-order valence-electron chi connectivity index (χ4n) is 3.60. The van der Waals surface area contributed by atoms with Crippen LogP contribution in [0.15, 0.2) is 53.7 Å². The van der Waals surface area contributed by atoms with Gasteiger partial charge in [-0.1, -0.05) is 30.0 Å². The van der Waals surface area contributed by atoms with Gasteiger partial charge in [0.05, 0.1) is 11.7 Å². The molecule has 5 rings (SSSR count). The molecule has 0 radical (unpaired) electrons. The molecule has 1 fully saturated rings. The lowest BCUT2D eigenvalue weighted by molar-refractivity contribution is -0.116. The first kappa shape index (κ1) is 18.1. The maximum Gasteiger partial charge on any atom is 0.231 e. The Hall–Kier alpha value is -2.93. The minimum absolute atomic E-state index is 0.0138. The molecule has 1 aliphatic carbocycles. The van der Waals surface area contributed by atoms with Gasteiger partial charge in [-0.3, -0.25) is 14.2 Å². The Bertz CT molecular complexity index is 1110. The van der Waals surface area contributed by atoms with Crippen LogP contribution in [0.5, 0.6) is 0 Å². The monoisotopic (exact) mass is 404 g/mol. The van der Waals surface area contributed by atoms with Gasteiger partial charge in [-0.15, -0.1) is 10.2 Å². The van der Waals surface area contributed by atoms with E-state index >= 15 is 0 Å². The summed E-state index contributed by atoms with van der Waals surface area (Å²) in [5.41, 5.74) is 3.32. The molecule has 2 aromatic carbocycles. The summed E-state index contributed by atoms with van der Waals surface area (Å²) in [6, 6.07) is 15.5. The molecule has 1 atom stereocenters. The van der Waals surface area contributed by atoms with Gasteiger partial charge in [0.2, 0.25) is 5.91 Å². The Balaban J connectivity index is 1.37. The number of nitrogens with zero attached hydrogens (tertiary/aromatic N) is 3. The Kier molecular flexibility index (Phi) is 4.47. The van der Waals surface area contributed by atoms with Crippen molar-refractivity contribution in [1.82, 2.24) is 14.8 Å². The average molecular weight is 404 g/mol. The van der Waals surface area contributed by atoms with E-state index in [1.807, 2.05) is 49.4 Å². The zero-order valence-electron chi connectivity index (χ0n) is 16.0. The number of para-hydroxylation sites is 1. The molecule has 1 aromatic heterocycles. The number of hydrogen-bond donors (Lipinski definition) is 1. The number of nitrogens with one attached hydrogen (secondary N) is 1. The van der Waals surface area contributed by atoms with Gasteiger partial charge >= 0.3 is 0 Å². The molecule has 1 saturated carbocycles. The van der Waals surface area contributed by atoms with Crippen molar-refractivity contribution in [3.63, 3.8) is 0 Å². The van der Waals surface area contributed by atoms with Gasteiger partial charge in [0, 0.05) is 22.9 Å². The highest BCUT2D eigenvalue weighted by atomic mass is 32.2. The zero-order chi connectivity index (χ0) is 20.0. The Labute approximate surface area is 172 Å². The molecule has 1 N–H and O–H groups in total. The van der Waals surface area contributed by atoms with Crippen molar-refractivity contribution in [2.75, 3.05) is 11.1 Å². The average Bonchev–Trinajstić information content (AvgIpc) is 3.44. The number of aromatic nitrogens is 3. The summed E-state index contributed by atoms with van der Waals surface area (Å²) >= 11 is 1.40. The van der Waals surface area contributed by atoms with Gasteiger partial charge < -0.3 is 5.32 Å². The van der Waals surface area contributed by atoms with Crippen LogP contribution in [-0.2, 0) is 4.79 Å². The van der Waals surface area contributed by atoms with E-state index in [0.29, 0.717) is 11.5 Å². The van der Waals surface area contributed by atoms with Crippen LogP contribution in [-0.4, -0.2) is 32.2 Å². The zero-order valence-corrected chi connectivity index (χ0v) is 16.8. The van der Waals surface area contributed by atoms with Crippen LogP contribution in [0.3, 0.4) is 0 Å². The number of thioether (sulfide) groups is 1. The lowest BCUT2D eigenvalue weighted by Crippen LogP contribution is -2.08. The predicted molar refractivity (Wildman–Crippen MR) is 112 cm³/mol. The molecule has 0 spiro atoms. The summed E-state index contributed by atoms with van der Waals surface area (Å²) in [5.74, 6) is 1.46. The summed E-state index contributed by atoms with van der Waals surface area (Å²) in [7, 11) is 0. The highest BCUT2D eigenvalue weighted by Crippen LogP contribution is 2.41. The maximum absolute atomic E-state index is 12.8. The van der Waals surface area contributed by atoms with Crippen molar-refractivity contribution in [2.45, 2.75) is 36.8 Å². The van der Waals surface area contributed by atoms with Crippen LogP contribution in [0.25, 0.3) is 5.69 Å². The molecule has 29 heavy (non-hydrogen) atoms. The van der Waals surface area contributed by atoms with Crippen LogP contribution in [0, 0.1) is 0 Å². The normalized spacial score (nSPS) is 17.8. The smallest absolute Gasteiger partial charge is 0.231 e. The van der Waals surface area contributed by atoms with E-state index in [4.69, 9.17) is 0 Å². The van der Waals surface area contributed by atoms with E-state index < -0.39 is 0 Å². The van der Waals surface area contributed by atoms with Gasteiger partial charge in [0.15, 0.2) is 10.9 Å². The van der Waals surface area contributed by atoms with Gasteiger partial charge in [0.1, 0.15) is 5.82 Å². The second-order valence-electron chi connectivity index (χ2n) is 7.51. The second-order valence-corrected chi connectivity index (χ2v) is 8.45. The van der Waals surface area contributed by atoms with Crippen LogP contribution in [0.2, 0.25) is 0 Å². The topological polar surface area (TPSA) is 76.9 Å². The third-order valence-corrected chi connectivity index (χ3v) is 6.37. The molecule has 2 heterocycles. The number of rotatable bonds is 6. The van der Waals surface area contributed by atoms with Crippen molar-refractivity contribution in [2.24, 2.45) is 0 Å². The fourth-order valence-corrected chi connectivity index (χ4v) is 4.46. The number of benzene rings is 2. The highest BCUT2D eigenvalue weighted by Gasteiger charge is 2.31. The Morgan fingerprint density at radius 1 is 1.17 bits per heavy atom. The van der Waals surface area contributed by atoms with E-state index in [2.05, 4.69) is 20.1 Å². The third kappa shape index (κ3) is 3.35. The van der Waals surface area contributed by atoms with E-state index in [9.17, 15) is 9.59 Å². The molecule has 1 aliphatic heterocycles. The summed E-state index contributed by atoms with van der Waals surface area (Å²) in [4.78, 5) is 24.7.